The molecule has 38 heavy (non-hydrogen) atoms. The lowest BCUT2D eigenvalue weighted by Crippen LogP contribution is -2.38. The van der Waals surface area contributed by atoms with E-state index >= 15 is 0 Å². The molecule has 2 amide bonds. The van der Waals surface area contributed by atoms with Crippen LogP contribution in [0.5, 0.6) is 0 Å². The van der Waals surface area contributed by atoms with Crippen LogP contribution < -0.4 is 5.32 Å². The molecular weight excluding hydrogens is 470 g/mol. The third kappa shape index (κ3) is 4.08. The van der Waals surface area contributed by atoms with Gasteiger partial charge in [-0.25, -0.2) is 9.48 Å². The molecule has 6 nitrogen and oxygen atoms in total. The fourth-order valence-electron chi connectivity index (χ4n) is 5.35. The summed E-state index contributed by atoms with van der Waals surface area (Å²) in [5, 5.41) is 8.24. The number of nitrogens with one attached hydrogen (secondary N) is 1. The van der Waals surface area contributed by atoms with Gasteiger partial charge in [0.2, 0.25) is 0 Å². The second kappa shape index (κ2) is 9.71. The van der Waals surface area contributed by atoms with Crippen LogP contribution in [-0.2, 0) is 13.0 Å². The third-order valence-corrected chi connectivity index (χ3v) is 7.34. The van der Waals surface area contributed by atoms with E-state index in [2.05, 4.69) is 78.5 Å². The molecule has 5 aromatic rings. The van der Waals surface area contributed by atoms with Gasteiger partial charge in [0.1, 0.15) is 5.82 Å². The van der Waals surface area contributed by atoms with Gasteiger partial charge >= 0.3 is 6.03 Å². The number of carbonyl (C=O) groups excluding carboxylic acids is 1. The molecule has 1 unspecified atom stereocenters. The van der Waals surface area contributed by atoms with E-state index in [9.17, 15) is 4.79 Å². The van der Waals surface area contributed by atoms with Crippen molar-refractivity contribution in [1.29, 1.82) is 0 Å². The van der Waals surface area contributed by atoms with Gasteiger partial charge in [0.15, 0.2) is 0 Å². The second-order valence-corrected chi connectivity index (χ2v) is 9.84. The number of urea groups is 1. The monoisotopic (exact) mass is 501 g/mol. The highest BCUT2D eigenvalue weighted by Gasteiger charge is 2.36. The third-order valence-electron chi connectivity index (χ3n) is 7.34. The van der Waals surface area contributed by atoms with Gasteiger partial charge < -0.3 is 14.8 Å². The number of hydrogen-bond donors (Lipinski definition) is 1. The predicted molar refractivity (Wildman–Crippen MR) is 151 cm³/mol. The maximum Gasteiger partial charge on any atom is 0.322 e. The predicted octanol–water partition coefficient (Wildman–Crippen LogP) is 6.98. The van der Waals surface area contributed by atoms with Crippen LogP contribution in [0.3, 0.4) is 0 Å². The maximum absolute atomic E-state index is 14.1. The average Bonchev–Trinajstić information content (AvgIpc) is 3.52. The molecule has 1 N–H and O–H groups in total. The number of amides is 2. The smallest absolute Gasteiger partial charge is 0.308 e. The van der Waals surface area contributed by atoms with Crippen molar-refractivity contribution in [2.24, 2.45) is 0 Å². The van der Waals surface area contributed by atoms with Crippen molar-refractivity contribution in [2.75, 3.05) is 5.32 Å². The zero-order valence-electron chi connectivity index (χ0n) is 21.9. The summed E-state index contributed by atoms with van der Waals surface area (Å²) in [4.78, 5) is 16.1. The highest BCUT2D eigenvalue weighted by molar-refractivity contribution is 5.91. The van der Waals surface area contributed by atoms with E-state index in [-0.39, 0.29) is 12.1 Å². The Bertz CT molecular complexity index is 1600. The molecule has 6 heteroatoms. The SMILES string of the molecule is CCc1nn(-c2ccccc2)c2c1CN(C(=O)Nc1ccccc1C)C(c1ccc(C)cc1)c1cccn1-2. The number of fused-ring (bicyclic) bond motifs is 3. The molecule has 190 valence electrons. The van der Waals surface area contributed by atoms with Gasteiger partial charge in [-0.3, -0.25) is 0 Å². The topological polar surface area (TPSA) is 55.1 Å². The van der Waals surface area contributed by atoms with Gasteiger partial charge in [0.05, 0.1) is 29.7 Å². The summed E-state index contributed by atoms with van der Waals surface area (Å²) in [7, 11) is 0. The van der Waals surface area contributed by atoms with E-state index in [1.807, 2.05) is 59.0 Å². The molecule has 0 fully saturated rings. The molecule has 2 aromatic heterocycles. The normalized spacial score (nSPS) is 14.5. The van der Waals surface area contributed by atoms with E-state index < -0.39 is 0 Å². The minimum Gasteiger partial charge on any atom is -0.308 e. The molecular formula is C32H31N5O. The molecule has 3 aromatic carbocycles. The maximum atomic E-state index is 14.1. The van der Waals surface area contributed by atoms with E-state index in [1.54, 1.807) is 0 Å². The van der Waals surface area contributed by atoms with E-state index in [4.69, 9.17) is 5.10 Å². The fourth-order valence-corrected chi connectivity index (χ4v) is 5.35. The number of benzene rings is 3. The first-order valence-corrected chi connectivity index (χ1v) is 13.1. The summed E-state index contributed by atoms with van der Waals surface area (Å²) in [6, 6.07) is 30.3. The van der Waals surface area contributed by atoms with Crippen molar-refractivity contribution in [3.8, 4) is 11.5 Å². The van der Waals surface area contributed by atoms with Crippen molar-refractivity contribution < 1.29 is 4.79 Å². The summed E-state index contributed by atoms with van der Waals surface area (Å²) >= 11 is 0. The number of nitrogens with zero attached hydrogens (tertiary/aromatic N) is 4. The van der Waals surface area contributed by atoms with Crippen LogP contribution >= 0.6 is 0 Å². The standard InChI is InChI=1S/C32H31N5O/c1-4-27-26-21-36(32(38)33-28-14-9-8-11-23(28)3)30(24-18-16-22(2)17-19-24)29-15-10-20-35(29)31(26)37(34-27)25-12-6-5-7-13-25/h5-20,30H,4,21H2,1-3H3,(H,33,38). The van der Waals surface area contributed by atoms with Crippen LogP contribution in [0.2, 0.25) is 0 Å². The Morgan fingerprint density at radius 2 is 1.66 bits per heavy atom. The highest BCUT2D eigenvalue weighted by atomic mass is 16.2. The van der Waals surface area contributed by atoms with Gasteiger partial charge in [0, 0.05) is 17.4 Å². The van der Waals surface area contributed by atoms with Crippen LogP contribution in [-0.4, -0.2) is 25.3 Å². The molecule has 6 rings (SSSR count). The Morgan fingerprint density at radius 1 is 0.921 bits per heavy atom. The Labute approximate surface area is 223 Å². The average molecular weight is 502 g/mol. The van der Waals surface area contributed by atoms with E-state index in [0.29, 0.717) is 6.54 Å². The molecule has 0 radical (unpaired) electrons. The lowest BCUT2D eigenvalue weighted by atomic mass is 10.0. The van der Waals surface area contributed by atoms with Gasteiger partial charge in [0.25, 0.3) is 0 Å². The Kier molecular flexibility index (Phi) is 6.08. The summed E-state index contributed by atoms with van der Waals surface area (Å²) in [6.45, 7) is 6.65. The number of aromatic nitrogens is 3. The van der Waals surface area contributed by atoms with Gasteiger partial charge in [-0.15, -0.1) is 0 Å². The fraction of sp³-hybridized carbons (Fsp3) is 0.188. The van der Waals surface area contributed by atoms with Crippen molar-refractivity contribution >= 4 is 11.7 Å². The largest absolute Gasteiger partial charge is 0.322 e. The second-order valence-electron chi connectivity index (χ2n) is 9.84. The number of carbonyl (C=O) groups is 1. The van der Waals surface area contributed by atoms with Crippen LogP contribution in [0.4, 0.5) is 10.5 Å². The number of aryl methyl sites for hydroxylation is 3. The van der Waals surface area contributed by atoms with Gasteiger partial charge in [-0.2, -0.15) is 5.10 Å². The first kappa shape index (κ1) is 23.8. The van der Waals surface area contributed by atoms with Crippen LogP contribution in [0.1, 0.15) is 46.6 Å². The van der Waals surface area contributed by atoms with Gasteiger partial charge in [-0.1, -0.05) is 73.2 Å². The zero-order chi connectivity index (χ0) is 26.2. The number of para-hydroxylation sites is 2. The number of anilines is 1. The Morgan fingerprint density at radius 3 is 2.39 bits per heavy atom. The molecule has 3 heterocycles. The van der Waals surface area contributed by atoms with Crippen LogP contribution in [0, 0.1) is 13.8 Å². The molecule has 1 aliphatic rings. The molecule has 1 atom stereocenters. The van der Waals surface area contributed by atoms with Crippen molar-refractivity contribution in [3.05, 3.63) is 131 Å². The number of hydrogen-bond acceptors (Lipinski definition) is 2. The van der Waals surface area contributed by atoms with Crippen molar-refractivity contribution in [3.63, 3.8) is 0 Å². The Balaban J connectivity index is 1.56. The molecule has 0 saturated carbocycles. The first-order chi connectivity index (χ1) is 18.5. The highest BCUT2D eigenvalue weighted by Crippen LogP contribution is 2.39. The van der Waals surface area contributed by atoms with E-state index in [1.165, 1.54) is 5.56 Å². The molecule has 0 saturated heterocycles. The van der Waals surface area contributed by atoms with Gasteiger partial charge in [-0.05, 0) is 61.7 Å². The van der Waals surface area contributed by atoms with E-state index in [0.717, 1.165) is 51.7 Å². The van der Waals surface area contributed by atoms with Crippen molar-refractivity contribution in [2.45, 2.75) is 39.8 Å². The summed E-state index contributed by atoms with van der Waals surface area (Å²) in [6.07, 6.45) is 2.85. The quantitative estimate of drug-likeness (QED) is 0.289. The summed E-state index contributed by atoms with van der Waals surface area (Å²) in [5.74, 6) is 0.983. The lowest BCUT2D eigenvalue weighted by Gasteiger charge is -2.31. The molecule has 0 spiro atoms. The zero-order valence-corrected chi connectivity index (χ0v) is 21.9. The molecule has 1 aliphatic heterocycles. The Hall–Kier alpha value is -4.58. The summed E-state index contributed by atoms with van der Waals surface area (Å²) < 4.78 is 4.23. The number of rotatable bonds is 4. The minimum atomic E-state index is -0.282. The lowest BCUT2D eigenvalue weighted by molar-refractivity contribution is 0.194. The molecule has 0 aliphatic carbocycles. The van der Waals surface area contributed by atoms with Crippen molar-refractivity contribution in [1.82, 2.24) is 19.2 Å². The van der Waals surface area contributed by atoms with Crippen LogP contribution in [0.15, 0.2) is 97.2 Å². The molecule has 0 bridgehead atoms. The summed E-state index contributed by atoms with van der Waals surface area (Å²) in [5.41, 5.74) is 8.15. The first-order valence-electron chi connectivity index (χ1n) is 13.1. The van der Waals surface area contributed by atoms with Crippen LogP contribution in [0.25, 0.3) is 11.5 Å². The minimum absolute atomic E-state index is 0.139.